The summed E-state index contributed by atoms with van der Waals surface area (Å²) in [7, 11) is 5.01. The van der Waals surface area contributed by atoms with Gasteiger partial charge in [0.05, 0.1) is 20.8 Å². The minimum absolute atomic E-state index is 0.0840. The molecule has 102 valence electrons. The summed E-state index contributed by atoms with van der Waals surface area (Å²) in [6.07, 6.45) is 0. The van der Waals surface area contributed by atoms with Crippen molar-refractivity contribution >= 4 is 0 Å². The number of methoxy groups -OCH3 is 2. The molecule has 0 radical (unpaired) electrons. The van der Waals surface area contributed by atoms with Crippen LogP contribution in [0.3, 0.4) is 0 Å². The normalized spacial score (nSPS) is 14.1. The van der Waals surface area contributed by atoms with Gasteiger partial charge < -0.3 is 25.6 Å². The monoisotopic (exact) mass is 254 g/mol. The van der Waals surface area contributed by atoms with Crippen LogP contribution in [0.1, 0.15) is 17.2 Å². The first-order chi connectivity index (χ1) is 8.58. The van der Waals surface area contributed by atoms with Gasteiger partial charge >= 0.3 is 0 Å². The third-order valence-corrected chi connectivity index (χ3v) is 3.06. The van der Waals surface area contributed by atoms with Crippen molar-refractivity contribution in [3.05, 3.63) is 23.3 Å². The quantitative estimate of drug-likeness (QED) is 0.693. The third-order valence-electron chi connectivity index (χ3n) is 3.06. The Morgan fingerprint density at radius 3 is 2.28 bits per heavy atom. The minimum Gasteiger partial charge on any atom is -0.493 e. The molecule has 0 fully saturated rings. The van der Waals surface area contributed by atoms with Crippen molar-refractivity contribution in [2.75, 3.05) is 27.9 Å². The van der Waals surface area contributed by atoms with Crippen molar-refractivity contribution in [1.29, 1.82) is 0 Å². The van der Waals surface area contributed by atoms with Crippen LogP contribution in [0, 0.1) is 6.92 Å². The molecule has 0 aliphatic rings. The fourth-order valence-corrected chi connectivity index (χ4v) is 2.04. The van der Waals surface area contributed by atoms with Gasteiger partial charge in [-0.25, -0.2) is 0 Å². The zero-order valence-corrected chi connectivity index (χ0v) is 11.4. The molecule has 0 aliphatic carbocycles. The number of nitrogens with two attached hydrogens (primary N) is 1. The van der Waals surface area contributed by atoms with Crippen molar-refractivity contribution in [3.63, 3.8) is 0 Å². The van der Waals surface area contributed by atoms with Crippen LogP contribution in [0.25, 0.3) is 0 Å². The molecular weight excluding hydrogens is 232 g/mol. The predicted molar refractivity (Wildman–Crippen MR) is 71.1 cm³/mol. The van der Waals surface area contributed by atoms with E-state index in [1.165, 1.54) is 0 Å². The average Bonchev–Trinajstić information content (AvgIpc) is 2.40. The number of hydrogen-bond donors (Lipinski definition) is 3. The molecule has 1 aromatic rings. The first-order valence-corrected chi connectivity index (χ1v) is 5.85. The fourth-order valence-electron chi connectivity index (χ4n) is 2.04. The van der Waals surface area contributed by atoms with E-state index < -0.39 is 0 Å². The van der Waals surface area contributed by atoms with E-state index in [9.17, 15) is 5.11 Å². The van der Waals surface area contributed by atoms with Gasteiger partial charge in [-0.15, -0.1) is 0 Å². The Bertz CT molecular complexity index is 396. The molecule has 0 amide bonds. The van der Waals surface area contributed by atoms with Crippen LogP contribution in [0.2, 0.25) is 0 Å². The number of likely N-dealkylation sites (N-methyl/N-ethyl adjacent to an activating group) is 1. The second kappa shape index (κ2) is 6.58. The molecule has 1 aromatic carbocycles. The number of aliphatic hydroxyl groups excluding tert-OH is 1. The summed E-state index contributed by atoms with van der Waals surface area (Å²) in [5.74, 6) is 1.34. The standard InChI is InChI=1S/C13H22N2O3/c1-8-5-11(17-3)12(18-4)6-9(8)13(15-2)10(14)7-16/h5-6,10,13,15-16H,7,14H2,1-4H3. The highest BCUT2D eigenvalue weighted by Gasteiger charge is 2.21. The largest absolute Gasteiger partial charge is 0.493 e. The van der Waals surface area contributed by atoms with Gasteiger partial charge in [0.1, 0.15) is 0 Å². The molecule has 0 aromatic heterocycles. The van der Waals surface area contributed by atoms with Gasteiger partial charge in [0.25, 0.3) is 0 Å². The van der Waals surface area contributed by atoms with Crippen LogP contribution >= 0.6 is 0 Å². The van der Waals surface area contributed by atoms with Crippen LogP contribution < -0.4 is 20.5 Å². The van der Waals surface area contributed by atoms with Crippen molar-refractivity contribution < 1.29 is 14.6 Å². The Morgan fingerprint density at radius 2 is 1.83 bits per heavy atom. The summed E-state index contributed by atoms with van der Waals surface area (Å²) in [4.78, 5) is 0. The van der Waals surface area contributed by atoms with Crippen LogP contribution in [0.5, 0.6) is 11.5 Å². The minimum atomic E-state index is -0.369. The highest BCUT2D eigenvalue weighted by Crippen LogP contribution is 2.33. The van der Waals surface area contributed by atoms with E-state index in [0.717, 1.165) is 11.1 Å². The van der Waals surface area contributed by atoms with Gasteiger partial charge in [-0.1, -0.05) is 0 Å². The fraction of sp³-hybridized carbons (Fsp3) is 0.538. The van der Waals surface area contributed by atoms with E-state index >= 15 is 0 Å². The highest BCUT2D eigenvalue weighted by molar-refractivity contribution is 5.48. The summed E-state index contributed by atoms with van der Waals surface area (Å²) in [5.41, 5.74) is 7.94. The lowest BCUT2D eigenvalue weighted by atomic mass is 9.95. The first-order valence-electron chi connectivity index (χ1n) is 5.85. The molecular formula is C13H22N2O3. The molecule has 5 heteroatoms. The molecule has 0 saturated carbocycles. The summed E-state index contributed by atoms with van der Waals surface area (Å²) in [6, 6.07) is 3.30. The Kier molecular flexibility index (Phi) is 5.40. The highest BCUT2D eigenvalue weighted by atomic mass is 16.5. The Morgan fingerprint density at radius 1 is 1.28 bits per heavy atom. The van der Waals surface area contributed by atoms with Crippen LogP contribution in [-0.2, 0) is 0 Å². The van der Waals surface area contributed by atoms with E-state index in [1.807, 2.05) is 26.1 Å². The molecule has 0 spiro atoms. The maximum atomic E-state index is 9.19. The number of aryl methyl sites for hydroxylation is 1. The van der Waals surface area contributed by atoms with Gasteiger partial charge in [-0.2, -0.15) is 0 Å². The Hall–Kier alpha value is -1.30. The first kappa shape index (κ1) is 14.8. The predicted octanol–water partition coefficient (Wildman–Crippen LogP) is 0.592. The number of rotatable bonds is 6. The van der Waals surface area contributed by atoms with Crippen LogP contribution in [0.15, 0.2) is 12.1 Å². The molecule has 1 rings (SSSR count). The lowest BCUT2D eigenvalue weighted by Crippen LogP contribution is -2.39. The summed E-state index contributed by atoms with van der Waals surface area (Å²) in [5, 5.41) is 12.3. The topological polar surface area (TPSA) is 76.7 Å². The van der Waals surface area contributed by atoms with Crippen LogP contribution in [0.4, 0.5) is 0 Å². The zero-order chi connectivity index (χ0) is 13.7. The molecule has 0 saturated heterocycles. The molecule has 18 heavy (non-hydrogen) atoms. The Labute approximate surface area is 108 Å². The van der Waals surface area contributed by atoms with Gasteiger partial charge in [0.15, 0.2) is 11.5 Å². The van der Waals surface area contributed by atoms with Crippen molar-refractivity contribution in [2.45, 2.75) is 19.0 Å². The molecule has 2 atom stereocenters. The smallest absolute Gasteiger partial charge is 0.161 e. The van der Waals surface area contributed by atoms with E-state index in [2.05, 4.69) is 5.32 Å². The summed E-state index contributed by atoms with van der Waals surface area (Å²) in [6.45, 7) is 1.89. The molecule has 5 nitrogen and oxygen atoms in total. The van der Waals surface area contributed by atoms with Gasteiger partial charge in [-0.3, -0.25) is 0 Å². The van der Waals surface area contributed by atoms with Gasteiger partial charge in [0.2, 0.25) is 0 Å². The molecule has 0 aliphatic heterocycles. The number of hydrogen-bond acceptors (Lipinski definition) is 5. The maximum absolute atomic E-state index is 9.19. The van der Waals surface area contributed by atoms with Gasteiger partial charge in [-0.05, 0) is 37.2 Å². The summed E-state index contributed by atoms with van der Waals surface area (Å²) < 4.78 is 10.5. The van der Waals surface area contributed by atoms with E-state index in [0.29, 0.717) is 11.5 Å². The molecule has 0 bridgehead atoms. The second-order valence-electron chi connectivity index (χ2n) is 4.18. The lowest BCUT2D eigenvalue weighted by Gasteiger charge is -2.25. The molecule has 2 unspecified atom stereocenters. The lowest BCUT2D eigenvalue weighted by molar-refractivity contribution is 0.240. The van der Waals surface area contributed by atoms with E-state index in [1.54, 1.807) is 14.2 Å². The van der Waals surface area contributed by atoms with Crippen LogP contribution in [-0.4, -0.2) is 39.0 Å². The van der Waals surface area contributed by atoms with Crippen molar-refractivity contribution in [3.8, 4) is 11.5 Å². The third kappa shape index (κ3) is 2.93. The Balaban J connectivity index is 3.22. The van der Waals surface area contributed by atoms with E-state index in [4.69, 9.17) is 15.2 Å². The molecule has 0 heterocycles. The summed E-state index contributed by atoms with van der Waals surface area (Å²) >= 11 is 0. The SMILES string of the molecule is CNC(c1cc(OC)c(OC)cc1C)C(N)CO. The number of ether oxygens (including phenoxy) is 2. The maximum Gasteiger partial charge on any atom is 0.161 e. The zero-order valence-electron chi connectivity index (χ0n) is 11.4. The van der Waals surface area contributed by atoms with Crippen molar-refractivity contribution in [2.24, 2.45) is 5.73 Å². The van der Waals surface area contributed by atoms with Gasteiger partial charge in [0, 0.05) is 12.1 Å². The van der Waals surface area contributed by atoms with E-state index in [-0.39, 0.29) is 18.7 Å². The number of benzene rings is 1. The second-order valence-corrected chi connectivity index (χ2v) is 4.18. The van der Waals surface area contributed by atoms with Crippen molar-refractivity contribution in [1.82, 2.24) is 5.32 Å². The number of nitrogens with one attached hydrogen (secondary N) is 1. The molecule has 4 N–H and O–H groups in total. The average molecular weight is 254 g/mol. The number of aliphatic hydroxyl groups is 1.